The van der Waals surface area contributed by atoms with Gasteiger partial charge in [0.05, 0.1) is 6.54 Å². The summed E-state index contributed by atoms with van der Waals surface area (Å²) in [5.74, 6) is 1.11. The number of nitrogens with two attached hydrogens (primary N) is 1. The molecule has 0 bridgehead atoms. The topological polar surface area (TPSA) is 57.0 Å². The lowest BCUT2D eigenvalue weighted by atomic mass is 10.2. The lowest BCUT2D eigenvalue weighted by Gasteiger charge is -2.05. The minimum Gasteiger partial charge on any atom is -0.435 e. The van der Waals surface area contributed by atoms with Gasteiger partial charge in [-0.2, -0.15) is 0 Å². The van der Waals surface area contributed by atoms with Gasteiger partial charge in [-0.3, -0.25) is 0 Å². The van der Waals surface area contributed by atoms with E-state index in [1.807, 2.05) is 47.0 Å². The molecule has 0 spiro atoms. The molecule has 0 aliphatic heterocycles. The second kappa shape index (κ2) is 5.64. The van der Waals surface area contributed by atoms with Crippen molar-refractivity contribution in [2.45, 2.75) is 6.54 Å². The molecular weight excluding hydrogens is 326 g/mol. The molecule has 6 heteroatoms. The predicted octanol–water partition coefficient (Wildman–Crippen LogP) is 4.72. The highest BCUT2D eigenvalue weighted by atomic mass is 32.1. The van der Waals surface area contributed by atoms with E-state index in [9.17, 15) is 0 Å². The van der Waals surface area contributed by atoms with E-state index in [4.69, 9.17) is 22.4 Å². The molecule has 0 aliphatic rings. The average Bonchev–Trinajstić information content (AvgIpc) is 3.12. The van der Waals surface area contributed by atoms with Crippen LogP contribution in [0.1, 0.15) is 5.56 Å². The van der Waals surface area contributed by atoms with Crippen LogP contribution in [-0.4, -0.2) is 9.55 Å². The quantitative estimate of drug-likeness (QED) is 0.549. The Morgan fingerprint density at radius 3 is 2.61 bits per heavy atom. The second-order valence-corrected chi connectivity index (χ2v) is 6.79. The van der Waals surface area contributed by atoms with Crippen LogP contribution in [0, 0.1) is 3.95 Å². The third-order valence-electron chi connectivity index (χ3n) is 3.60. The first kappa shape index (κ1) is 14.2. The Bertz CT molecular complexity index is 998. The molecule has 0 saturated carbocycles. The van der Waals surface area contributed by atoms with Crippen LogP contribution in [-0.2, 0) is 6.54 Å². The van der Waals surface area contributed by atoms with E-state index in [1.165, 1.54) is 11.3 Å². The van der Waals surface area contributed by atoms with Gasteiger partial charge in [0.1, 0.15) is 16.2 Å². The molecule has 0 radical (unpaired) electrons. The van der Waals surface area contributed by atoms with Crippen molar-refractivity contribution in [1.29, 1.82) is 0 Å². The molecular formula is C17H13N3OS2. The van der Waals surface area contributed by atoms with E-state index in [-0.39, 0.29) is 0 Å². The smallest absolute Gasteiger partial charge is 0.241 e. The van der Waals surface area contributed by atoms with Crippen molar-refractivity contribution < 1.29 is 4.42 Å². The van der Waals surface area contributed by atoms with Crippen LogP contribution in [0.3, 0.4) is 0 Å². The van der Waals surface area contributed by atoms with Gasteiger partial charge in [-0.05, 0) is 29.9 Å². The fourth-order valence-electron chi connectivity index (χ4n) is 2.45. The zero-order valence-electron chi connectivity index (χ0n) is 12.1. The molecule has 0 fully saturated rings. The van der Waals surface area contributed by atoms with Gasteiger partial charge in [0.25, 0.3) is 0 Å². The molecule has 0 unspecified atom stereocenters. The zero-order valence-corrected chi connectivity index (χ0v) is 13.7. The van der Waals surface area contributed by atoms with Gasteiger partial charge in [-0.1, -0.05) is 53.8 Å². The van der Waals surface area contributed by atoms with Crippen molar-refractivity contribution in [2.75, 3.05) is 5.73 Å². The summed E-state index contributed by atoms with van der Waals surface area (Å²) in [6, 6.07) is 17.8. The number of benzene rings is 2. The number of fused-ring (bicyclic) bond motifs is 1. The number of aromatic nitrogens is 2. The van der Waals surface area contributed by atoms with Crippen molar-refractivity contribution >= 4 is 40.5 Å². The number of anilines is 1. The maximum atomic E-state index is 6.31. The number of hydrogen-bond acceptors (Lipinski definition) is 5. The number of para-hydroxylation sites is 2. The zero-order chi connectivity index (χ0) is 15.8. The standard InChI is InChI=1S/C17H13N3OS2/c18-15-14(16-19-12-8-4-5-9-13(12)21-16)23-17(22)20(15)10-11-6-2-1-3-7-11/h1-9H,10,18H2. The van der Waals surface area contributed by atoms with Gasteiger partial charge >= 0.3 is 0 Å². The number of oxazole rings is 1. The summed E-state index contributed by atoms with van der Waals surface area (Å²) in [7, 11) is 0. The summed E-state index contributed by atoms with van der Waals surface area (Å²) in [5, 5.41) is 0. The molecule has 2 aromatic heterocycles. The monoisotopic (exact) mass is 339 g/mol. The minimum absolute atomic E-state index is 0.520. The Balaban J connectivity index is 1.78. The molecule has 0 atom stereocenters. The summed E-state index contributed by atoms with van der Waals surface area (Å²) in [5.41, 5.74) is 9.02. The van der Waals surface area contributed by atoms with Gasteiger partial charge in [-0.25, -0.2) is 4.98 Å². The molecule has 4 aromatic rings. The molecule has 114 valence electrons. The van der Waals surface area contributed by atoms with E-state index in [1.54, 1.807) is 0 Å². The van der Waals surface area contributed by atoms with Gasteiger partial charge in [0.15, 0.2) is 9.54 Å². The van der Waals surface area contributed by atoms with Crippen molar-refractivity contribution in [3.05, 3.63) is 64.1 Å². The Hall–Kier alpha value is -2.44. The Morgan fingerprint density at radius 1 is 1.09 bits per heavy atom. The highest BCUT2D eigenvalue weighted by Crippen LogP contribution is 2.34. The van der Waals surface area contributed by atoms with Gasteiger partial charge in [0, 0.05) is 0 Å². The van der Waals surface area contributed by atoms with E-state index >= 15 is 0 Å². The Morgan fingerprint density at radius 2 is 1.83 bits per heavy atom. The van der Waals surface area contributed by atoms with E-state index in [0.29, 0.717) is 22.2 Å². The van der Waals surface area contributed by atoms with Crippen LogP contribution in [0.25, 0.3) is 21.9 Å². The van der Waals surface area contributed by atoms with E-state index < -0.39 is 0 Å². The first-order valence-corrected chi connectivity index (χ1v) is 8.34. The van der Waals surface area contributed by atoms with Crippen LogP contribution in [0.2, 0.25) is 0 Å². The number of hydrogen-bond donors (Lipinski definition) is 1. The maximum absolute atomic E-state index is 6.31. The first-order valence-electron chi connectivity index (χ1n) is 7.11. The summed E-state index contributed by atoms with van der Waals surface area (Å²) < 4.78 is 8.44. The van der Waals surface area contributed by atoms with E-state index in [2.05, 4.69) is 17.1 Å². The van der Waals surface area contributed by atoms with Crippen molar-refractivity contribution in [3.63, 3.8) is 0 Å². The average molecular weight is 339 g/mol. The van der Waals surface area contributed by atoms with E-state index in [0.717, 1.165) is 21.5 Å². The van der Waals surface area contributed by atoms with Gasteiger partial charge in [0.2, 0.25) is 5.89 Å². The summed E-state index contributed by atoms with van der Waals surface area (Å²) in [6.07, 6.45) is 0. The van der Waals surface area contributed by atoms with Crippen LogP contribution in [0.5, 0.6) is 0 Å². The third-order valence-corrected chi connectivity index (χ3v) is 5.06. The molecule has 2 heterocycles. The van der Waals surface area contributed by atoms with Crippen LogP contribution in [0.4, 0.5) is 5.82 Å². The van der Waals surface area contributed by atoms with Crippen LogP contribution >= 0.6 is 23.6 Å². The SMILES string of the molecule is Nc1c(-c2nc3ccccc3o2)sc(=S)n1Cc1ccccc1. The van der Waals surface area contributed by atoms with Crippen molar-refractivity contribution in [3.8, 4) is 10.8 Å². The molecule has 0 saturated heterocycles. The fraction of sp³-hybridized carbons (Fsp3) is 0.0588. The molecule has 4 nitrogen and oxygen atoms in total. The summed E-state index contributed by atoms with van der Waals surface area (Å²) in [4.78, 5) is 5.29. The first-order chi connectivity index (χ1) is 11.2. The Labute approximate surface area is 141 Å². The lowest BCUT2D eigenvalue weighted by Crippen LogP contribution is -2.04. The highest BCUT2D eigenvalue weighted by molar-refractivity contribution is 7.73. The second-order valence-electron chi connectivity index (χ2n) is 5.14. The lowest BCUT2D eigenvalue weighted by molar-refractivity contribution is 0.621. The third kappa shape index (κ3) is 2.56. The number of thiazole rings is 1. The fourth-order valence-corrected chi connectivity index (χ4v) is 3.70. The predicted molar refractivity (Wildman–Crippen MR) is 96.1 cm³/mol. The number of rotatable bonds is 3. The molecule has 0 aliphatic carbocycles. The van der Waals surface area contributed by atoms with Gasteiger partial charge < -0.3 is 14.7 Å². The molecule has 4 rings (SSSR count). The largest absolute Gasteiger partial charge is 0.435 e. The van der Waals surface area contributed by atoms with Crippen LogP contribution in [0.15, 0.2) is 59.0 Å². The molecule has 23 heavy (non-hydrogen) atoms. The molecule has 0 amide bonds. The normalized spacial score (nSPS) is 11.1. The molecule has 2 aromatic carbocycles. The number of nitrogen functional groups attached to an aromatic ring is 1. The summed E-state index contributed by atoms with van der Waals surface area (Å²) >= 11 is 6.90. The Kier molecular flexibility index (Phi) is 3.48. The van der Waals surface area contributed by atoms with Crippen molar-refractivity contribution in [1.82, 2.24) is 9.55 Å². The highest BCUT2D eigenvalue weighted by Gasteiger charge is 2.17. The maximum Gasteiger partial charge on any atom is 0.241 e. The van der Waals surface area contributed by atoms with Gasteiger partial charge in [-0.15, -0.1) is 0 Å². The minimum atomic E-state index is 0.520. The van der Waals surface area contributed by atoms with Crippen molar-refractivity contribution in [2.24, 2.45) is 0 Å². The summed E-state index contributed by atoms with van der Waals surface area (Å²) in [6.45, 7) is 0.641. The van der Waals surface area contributed by atoms with Crippen LogP contribution < -0.4 is 5.73 Å². The number of nitrogens with zero attached hydrogens (tertiary/aromatic N) is 2. The molecule has 2 N–H and O–H groups in total.